The molecule has 1 aromatic heterocycles. The van der Waals surface area contributed by atoms with Gasteiger partial charge in [-0.1, -0.05) is 35.9 Å². The van der Waals surface area contributed by atoms with Gasteiger partial charge in [0.25, 0.3) is 0 Å². The molecule has 132 valence electrons. The third-order valence-electron chi connectivity index (χ3n) is 3.94. The fourth-order valence-corrected chi connectivity index (χ4v) is 3.30. The Morgan fingerprint density at radius 3 is 2.62 bits per heavy atom. The molecule has 2 aromatic carbocycles. The molecule has 0 aliphatic rings. The van der Waals surface area contributed by atoms with Crippen LogP contribution in [0.2, 0.25) is 0 Å². The Morgan fingerprint density at radius 2 is 1.92 bits per heavy atom. The summed E-state index contributed by atoms with van der Waals surface area (Å²) in [6.45, 7) is 4.14. The molecule has 3 rings (SSSR count). The molecule has 26 heavy (non-hydrogen) atoms. The molecule has 1 N–H and O–H groups in total. The molecule has 0 fully saturated rings. The number of ether oxygens (including phenoxy) is 1. The number of aromatic nitrogens is 1. The van der Waals surface area contributed by atoms with Crippen molar-refractivity contribution in [1.82, 2.24) is 4.98 Å². The van der Waals surface area contributed by atoms with Crippen LogP contribution < -0.4 is 10.1 Å². The molecule has 3 aromatic rings. The molecule has 0 aliphatic carbocycles. The molecule has 0 spiro atoms. The van der Waals surface area contributed by atoms with E-state index in [9.17, 15) is 4.79 Å². The van der Waals surface area contributed by atoms with Crippen molar-refractivity contribution in [1.29, 1.82) is 0 Å². The standard InChI is InChI=1S/C21H20N2O2S/c1-14-4-10-18(15(2)12-14)19-13-26-21(22-19)23-20(24)11-7-16-5-8-17(25-3)9-6-16/h4-13H,1-3H3,(H,22,23,24). The van der Waals surface area contributed by atoms with E-state index in [0.717, 1.165) is 22.6 Å². The van der Waals surface area contributed by atoms with Crippen LogP contribution in [-0.2, 0) is 4.79 Å². The number of aryl methyl sites for hydroxylation is 2. The van der Waals surface area contributed by atoms with E-state index in [-0.39, 0.29) is 5.91 Å². The van der Waals surface area contributed by atoms with Gasteiger partial charge in [0.2, 0.25) is 5.91 Å². The lowest BCUT2D eigenvalue weighted by Crippen LogP contribution is -2.07. The van der Waals surface area contributed by atoms with Crippen LogP contribution >= 0.6 is 11.3 Å². The Morgan fingerprint density at radius 1 is 1.15 bits per heavy atom. The molecular weight excluding hydrogens is 344 g/mol. The number of hydrogen-bond acceptors (Lipinski definition) is 4. The maximum absolute atomic E-state index is 12.1. The van der Waals surface area contributed by atoms with Gasteiger partial charge in [-0.25, -0.2) is 4.98 Å². The van der Waals surface area contributed by atoms with Crippen molar-refractivity contribution in [2.24, 2.45) is 0 Å². The third-order valence-corrected chi connectivity index (χ3v) is 4.69. The van der Waals surface area contributed by atoms with Crippen LogP contribution in [0, 0.1) is 13.8 Å². The van der Waals surface area contributed by atoms with Crippen molar-refractivity contribution in [2.45, 2.75) is 13.8 Å². The molecule has 4 nitrogen and oxygen atoms in total. The lowest BCUT2D eigenvalue weighted by molar-refractivity contribution is -0.111. The monoisotopic (exact) mass is 364 g/mol. The van der Waals surface area contributed by atoms with Crippen LogP contribution in [0.25, 0.3) is 17.3 Å². The van der Waals surface area contributed by atoms with Crippen LogP contribution in [0.1, 0.15) is 16.7 Å². The van der Waals surface area contributed by atoms with E-state index in [1.54, 1.807) is 13.2 Å². The minimum Gasteiger partial charge on any atom is -0.497 e. The first-order valence-corrected chi connectivity index (χ1v) is 9.09. The maximum Gasteiger partial charge on any atom is 0.250 e. The molecule has 0 saturated heterocycles. The molecule has 0 bridgehead atoms. The molecule has 0 aliphatic heterocycles. The topological polar surface area (TPSA) is 51.2 Å². The highest BCUT2D eigenvalue weighted by atomic mass is 32.1. The summed E-state index contributed by atoms with van der Waals surface area (Å²) >= 11 is 1.42. The Labute approximate surface area is 157 Å². The number of rotatable bonds is 5. The van der Waals surface area contributed by atoms with Gasteiger partial charge >= 0.3 is 0 Å². The average molecular weight is 364 g/mol. The van der Waals surface area contributed by atoms with E-state index < -0.39 is 0 Å². The van der Waals surface area contributed by atoms with Crippen molar-refractivity contribution in [3.63, 3.8) is 0 Å². The number of nitrogens with one attached hydrogen (secondary N) is 1. The first kappa shape index (κ1) is 17.9. The molecule has 5 heteroatoms. The van der Waals surface area contributed by atoms with E-state index in [2.05, 4.69) is 42.3 Å². The van der Waals surface area contributed by atoms with Gasteiger partial charge in [-0.2, -0.15) is 0 Å². The van der Waals surface area contributed by atoms with E-state index in [1.807, 2.05) is 29.6 Å². The number of thiazole rings is 1. The zero-order chi connectivity index (χ0) is 18.5. The van der Waals surface area contributed by atoms with E-state index in [1.165, 1.54) is 28.5 Å². The molecule has 0 saturated carbocycles. The van der Waals surface area contributed by atoms with Crippen LogP contribution in [0.5, 0.6) is 5.75 Å². The number of nitrogens with zero attached hydrogens (tertiary/aromatic N) is 1. The van der Waals surface area contributed by atoms with Gasteiger partial charge in [-0.3, -0.25) is 10.1 Å². The molecule has 0 atom stereocenters. The summed E-state index contributed by atoms with van der Waals surface area (Å²) in [6, 6.07) is 13.8. The van der Waals surface area contributed by atoms with Crippen molar-refractivity contribution < 1.29 is 9.53 Å². The number of amides is 1. The van der Waals surface area contributed by atoms with Crippen LogP contribution in [0.3, 0.4) is 0 Å². The minimum absolute atomic E-state index is 0.206. The smallest absolute Gasteiger partial charge is 0.250 e. The van der Waals surface area contributed by atoms with Crippen molar-refractivity contribution in [3.8, 4) is 17.0 Å². The van der Waals surface area contributed by atoms with Gasteiger partial charge in [-0.15, -0.1) is 11.3 Å². The van der Waals surface area contributed by atoms with Gasteiger partial charge in [-0.05, 0) is 43.2 Å². The quantitative estimate of drug-likeness (QED) is 0.642. The Hall–Kier alpha value is -2.92. The van der Waals surface area contributed by atoms with Gasteiger partial charge < -0.3 is 4.74 Å². The lowest BCUT2D eigenvalue weighted by atomic mass is 10.0. The van der Waals surface area contributed by atoms with Gasteiger partial charge in [0, 0.05) is 17.0 Å². The van der Waals surface area contributed by atoms with E-state index in [4.69, 9.17) is 4.74 Å². The van der Waals surface area contributed by atoms with Crippen LogP contribution in [0.15, 0.2) is 53.9 Å². The van der Waals surface area contributed by atoms with Crippen molar-refractivity contribution >= 4 is 28.5 Å². The number of carbonyl (C=O) groups is 1. The molecular formula is C21H20N2O2S. The number of carbonyl (C=O) groups excluding carboxylic acids is 1. The first-order chi connectivity index (χ1) is 12.5. The first-order valence-electron chi connectivity index (χ1n) is 8.21. The zero-order valence-corrected chi connectivity index (χ0v) is 15.8. The highest BCUT2D eigenvalue weighted by molar-refractivity contribution is 7.14. The number of hydrogen-bond donors (Lipinski definition) is 1. The summed E-state index contributed by atoms with van der Waals surface area (Å²) in [5.74, 6) is 0.579. The van der Waals surface area contributed by atoms with E-state index in [0.29, 0.717) is 5.13 Å². The second kappa shape index (κ2) is 7.97. The fourth-order valence-electron chi connectivity index (χ4n) is 2.59. The van der Waals surface area contributed by atoms with Crippen LogP contribution in [0.4, 0.5) is 5.13 Å². The van der Waals surface area contributed by atoms with Gasteiger partial charge in [0.1, 0.15) is 5.75 Å². The van der Waals surface area contributed by atoms with Crippen LogP contribution in [-0.4, -0.2) is 18.0 Å². The Balaban J connectivity index is 1.66. The van der Waals surface area contributed by atoms with Gasteiger partial charge in [0.05, 0.1) is 12.8 Å². The highest BCUT2D eigenvalue weighted by Gasteiger charge is 2.08. The fraction of sp³-hybridized carbons (Fsp3) is 0.143. The molecule has 1 heterocycles. The summed E-state index contributed by atoms with van der Waals surface area (Å²) in [7, 11) is 1.62. The summed E-state index contributed by atoms with van der Waals surface area (Å²) in [5, 5.41) is 5.36. The predicted molar refractivity (Wildman–Crippen MR) is 108 cm³/mol. The average Bonchev–Trinajstić information content (AvgIpc) is 3.08. The summed E-state index contributed by atoms with van der Waals surface area (Å²) in [6.07, 6.45) is 3.26. The highest BCUT2D eigenvalue weighted by Crippen LogP contribution is 2.28. The minimum atomic E-state index is -0.206. The summed E-state index contributed by atoms with van der Waals surface area (Å²) < 4.78 is 5.12. The normalized spacial score (nSPS) is 10.9. The Bertz CT molecular complexity index is 943. The lowest BCUT2D eigenvalue weighted by Gasteiger charge is -2.03. The number of benzene rings is 2. The second-order valence-corrected chi connectivity index (χ2v) is 6.81. The number of methoxy groups -OCH3 is 1. The summed E-state index contributed by atoms with van der Waals surface area (Å²) in [5.41, 5.74) is 5.28. The molecule has 0 unspecified atom stereocenters. The van der Waals surface area contributed by atoms with E-state index >= 15 is 0 Å². The third kappa shape index (κ3) is 4.37. The maximum atomic E-state index is 12.1. The predicted octanol–water partition coefficient (Wildman–Crippen LogP) is 5.09. The van der Waals surface area contributed by atoms with Gasteiger partial charge in [0.15, 0.2) is 5.13 Å². The zero-order valence-electron chi connectivity index (χ0n) is 14.9. The van der Waals surface area contributed by atoms with Crippen molar-refractivity contribution in [3.05, 3.63) is 70.6 Å². The molecule has 1 amide bonds. The largest absolute Gasteiger partial charge is 0.497 e. The molecule has 0 radical (unpaired) electrons. The summed E-state index contributed by atoms with van der Waals surface area (Å²) in [4.78, 5) is 16.6. The van der Waals surface area contributed by atoms with Crippen molar-refractivity contribution in [2.75, 3.05) is 12.4 Å². The SMILES string of the molecule is COc1ccc(C=CC(=O)Nc2nc(-c3ccc(C)cc3C)cs2)cc1. The number of anilines is 1. The Kier molecular flexibility index (Phi) is 5.49. The second-order valence-electron chi connectivity index (χ2n) is 5.95.